The maximum absolute atomic E-state index is 13.0. The number of alkyl halides is 3. The minimum Gasteiger partial charge on any atom is -0.497 e. The SMILES string of the molecule is COc1ccc(C(C)C)c(N2C(=O)CSC2=NC(=O)Nc2ccc(-c3ncn(-c4ccc(OC(F)(F)F)cn4)n3)cc2C#N)c1. The number of halogens is 3. The number of carbonyl (C=O) groups is 2. The predicted octanol–water partition coefficient (Wildman–Crippen LogP) is 5.90. The minimum absolute atomic E-state index is 0.0756. The Balaban J connectivity index is 1.34. The molecule has 0 radical (unpaired) electrons. The van der Waals surface area contributed by atoms with Crippen LogP contribution in [0.1, 0.15) is 30.9 Å². The quantitative estimate of drug-likeness (QED) is 0.262. The number of aromatic nitrogens is 4. The lowest BCUT2D eigenvalue weighted by Crippen LogP contribution is -2.31. The van der Waals surface area contributed by atoms with E-state index in [0.717, 1.165) is 29.6 Å². The summed E-state index contributed by atoms with van der Waals surface area (Å²) in [6.45, 7) is 3.97. The number of nitrogens with zero attached hydrogens (tertiary/aromatic N) is 7. The molecule has 4 aromatic rings. The van der Waals surface area contributed by atoms with E-state index in [4.69, 9.17) is 4.74 Å². The van der Waals surface area contributed by atoms with Crippen LogP contribution in [0.3, 0.4) is 0 Å². The summed E-state index contributed by atoms with van der Waals surface area (Å²) < 4.78 is 47.6. The average Bonchev–Trinajstić information content (AvgIpc) is 3.63. The topological polar surface area (TPSA) is 148 Å². The second-order valence-corrected chi connectivity index (χ2v) is 10.6. The molecule has 45 heavy (non-hydrogen) atoms. The highest BCUT2D eigenvalue weighted by Crippen LogP contribution is 2.36. The van der Waals surface area contributed by atoms with Gasteiger partial charge in [0.15, 0.2) is 16.8 Å². The van der Waals surface area contributed by atoms with Crippen molar-refractivity contribution in [2.75, 3.05) is 23.1 Å². The van der Waals surface area contributed by atoms with Gasteiger partial charge in [-0.15, -0.1) is 18.3 Å². The summed E-state index contributed by atoms with van der Waals surface area (Å²) in [6, 6.07) is 13.5. The summed E-state index contributed by atoms with van der Waals surface area (Å²) in [5.74, 6) is 0.365. The van der Waals surface area contributed by atoms with Gasteiger partial charge in [-0.2, -0.15) is 10.3 Å². The smallest absolute Gasteiger partial charge is 0.497 e. The molecule has 3 amide bonds. The Morgan fingerprint density at radius 3 is 2.58 bits per heavy atom. The fourth-order valence-corrected chi connectivity index (χ4v) is 5.20. The van der Waals surface area contributed by atoms with E-state index in [-0.39, 0.29) is 45.6 Å². The highest BCUT2D eigenvalue weighted by molar-refractivity contribution is 8.15. The maximum Gasteiger partial charge on any atom is 0.573 e. The average molecular weight is 637 g/mol. The molecule has 12 nitrogen and oxygen atoms in total. The molecule has 16 heteroatoms. The van der Waals surface area contributed by atoms with E-state index in [2.05, 4.69) is 30.1 Å². The molecular weight excluding hydrogens is 613 g/mol. The van der Waals surface area contributed by atoms with Crippen LogP contribution in [-0.4, -0.2) is 56.1 Å². The fraction of sp³-hybridized carbons (Fsp3) is 0.207. The third kappa shape index (κ3) is 7.04. The lowest BCUT2D eigenvalue weighted by atomic mass is 10.00. The highest BCUT2D eigenvalue weighted by Gasteiger charge is 2.33. The number of rotatable bonds is 7. The summed E-state index contributed by atoms with van der Waals surface area (Å²) in [5.41, 5.74) is 2.13. The van der Waals surface area contributed by atoms with Crippen molar-refractivity contribution >= 4 is 40.2 Å². The summed E-state index contributed by atoms with van der Waals surface area (Å²) in [4.78, 5) is 39.5. The summed E-state index contributed by atoms with van der Waals surface area (Å²) >= 11 is 1.12. The van der Waals surface area contributed by atoms with Crippen LogP contribution in [0.2, 0.25) is 0 Å². The van der Waals surface area contributed by atoms with Gasteiger partial charge in [0, 0.05) is 11.6 Å². The van der Waals surface area contributed by atoms with E-state index in [9.17, 15) is 28.0 Å². The Hall–Kier alpha value is -5.43. The Morgan fingerprint density at radius 1 is 1.13 bits per heavy atom. The monoisotopic (exact) mass is 636 g/mol. The number of pyridine rings is 1. The highest BCUT2D eigenvalue weighted by atomic mass is 32.2. The lowest BCUT2D eigenvalue weighted by molar-refractivity contribution is -0.274. The Morgan fingerprint density at radius 2 is 1.91 bits per heavy atom. The van der Waals surface area contributed by atoms with Crippen LogP contribution in [0.4, 0.5) is 29.3 Å². The van der Waals surface area contributed by atoms with Crippen molar-refractivity contribution < 1.29 is 32.2 Å². The van der Waals surface area contributed by atoms with Crippen molar-refractivity contribution in [1.82, 2.24) is 19.7 Å². The Bertz CT molecular complexity index is 1830. The molecule has 1 aliphatic rings. The van der Waals surface area contributed by atoms with Crippen LogP contribution in [0.25, 0.3) is 17.2 Å². The van der Waals surface area contributed by atoms with Crippen LogP contribution < -0.4 is 19.7 Å². The summed E-state index contributed by atoms with van der Waals surface area (Å²) in [7, 11) is 1.52. The molecular formula is C29H23F3N8O4S. The van der Waals surface area contributed by atoms with E-state index in [1.54, 1.807) is 18.2 Å². The number of hydrogen-bond donors (Lipinski definition) is 1. The number of hydrogen-bond acceptors (Lipinski definition) is 9. The van der Waals surface area contributed by atoms with Crippen molar-refractivity contribution in [3.63, 3.8) is 0 Å². The number of thioether (sulfide) groups is 1. The second-order valence-electron chi connectivity index (χ2n) is 9.71. The van der Waals surface area contributed by atoms with Crippen molar-refractivity contribution in [2.45, 2.75) is 26.1 Å². The number of amidine groups is 1. The van der Waals surface area contributed by atoms with Crippen molar-refractivity contribution in [3.8, 4) is 34.8 Å². The van der Waals surface area contributed by atoms with Gasteiger partial charge in [-0.25, -0.2) is 19.4 Å². The van der Waals surface area contributed by atoms with Gasteiger partial charge in [0.25, 0.3) is 0 Å². The van der Waals surface area contributed by atoms with Gasteiger partial charge >= 0.3 is 12.4 Å². The largest absolute Gasteiger partial charge is 0.573 e. The van der Waals surface area contributed by atoms with Crippen molar-refractivity contribution in [2.24, 2.45) is 4.99 Å². The molecule has 1 saturated heterocycles. The second kappa shape index (κ2) is 12.7. The number of urea groups is 1. The van der Waals surface area contributed by atoms with Gasteiger partial charge in [-0.1, -0.05) is 31.7 Å². The molecule has 0 atom stereocenters. The summed E-state index contributed by atoms with van der Waals surface area (Å²) in [5, 5.41) is 16.8. The molecule has 0 aliphatic carbocycles. The Labute approximate surface area is 258 Å². The van der Waals surface area contributed by atoms with Crippen molar-refractivity contribution in [1.29, 1.82) is 5.26 Å². The van der Waals surface area contributed by atoms with E-state index < -0.39 is 18.1 Å². The number of nitrogens with one attached hydrogen (secondary N) is 1. The van der Waals surface area contributed by atoms with Crippen LogP contribution >= 0.6 is 11.8 Å². The first-order valence-corrected chi connectivity index (χ1v) is 14.2. The van der Waals surface area contributed by atoms with Crippen molar-refractivity contribution in [3.05, 3.63) is 72.2 Å². The molecule has 5 rings (SSSR count). The van der Waals surface area contributed by atoms with Gasteiger partial charge in [-0.3, -0.25) is 9.69 Å². The maximum atomic E-state index is 13.0. The van der Waals surface area contributed by atoms with Gasteiger partial charge in [0.05, 0.1) is 36.0 Å². The van der Waals surface area contributed by atoms with E-state index >= 15 is 0 Å². The van der Waals surface area contributed by atoms with Gasteiger partial charge in [-0.05, 0) is 47.9 Å². The first kappa shape index (κ1) is 31.0. The van der Waals surface area contributed by atoms with E-state index in [0.29, 0.717) is 17.0 Å². The molecule has 3 heterocycles. The van der Waals surface area contributed by atoms with Crippen LogP contribution in [-0.2, 0) is 4.79 Å². The molecule has 2 aromatic heterocycles. The Kier molecular flexibility index (Phi) is 8.73. The molecule has 1 N–H and O–H groups in total. The van der Waals surface area contributed by atoms with Crippen LogP contribution in [0.15, 0.2) is 66.0 Å². The third-order valence-electron chi connectivity index (χ3n) is 6.38. The zero-order valence-electron chi connectivity index (χ0n) is 23.9. The molecule has 0 saturated carbocycles. The zero-order valence-corrected chi connectivity index (χ0v) is 24.7. The molecule has 0 bridgehead atoms. The first-order valence-electron chi connectivity index (χ1n) is 13.2. The molecule has 1 fully saturated rings. The van der Waals surface area contributed by atoms with Gasteiger partial charge in [0.1, 0.15) is 23.9 Å². The molecule has 230 valence electrons. The van der Waals surface area contributed by atoms with Crippen LogP contribution in [0, 0.1) is 11.3 Å². The standard InChI is InChI=1S/C29H23F3N8O4S/c1-16(2)21-7-5-19(43-3)11-23(21)40-25(41)14-45-28(40)37-27(42)36-22-8-4-17(10-18(22)12-33)26-35-15-39(38-26)24-9-6-20(13-34-24)44-29(30,31)32/h4-11,13,15-16H,14H2,1-3H3,(H,36,42). The number of amides is 3. The minimum atomic E-state index is -4.84. The number of nitriles is 1. The number of carbonyl (C=O) groups excluding carboxylic acids is 2. The van der Waals surface area contributed by atoms with E-state index in [1.165, 1.54) is 41.2 Å². The molecule has 0 unspecified atom stereocenters. The number of aliphatic imine (C=N–C) groups is 1. The molecule has 2 aromatic carbocycles. The van der Waals surface area contributed by atoms with Crippen LogP contribution in [0.5, 0.6) is 11.5 Å². The van der Waals surface area contributed by atoms with Gasteiger partial charge < -0.3 is 14.8 Å². The number of benzene rings is 2. The third-order valence-corrected chi connectivity index (χ3v) is 7.31. The number of ether oxygens (including phenoxy) is 2. The number of anilines is 2. The molecule has 0 spiro atoms. The fourth-order valence-electron chi connectivity index (χ4n) is 4.34. The zero-order chi connectivity index (χ0) is 32.3. The summed E-state index contributed by atoms with van der Waals surface area (Å²) in [6.07, 6.45) is -2.64. The normalized spacial score (nSPS) is 14.1. The lowest BCUT2D eigenvalue weighted by Gasteiger charge is -2.22. The predicted molar refractivity (Wildman–Crippen MR) is 159 cm³/mol. The number of methoxy groups -OCH3 is 1. The molecule has 1 aliphatic heterocycles. The van der Waals surface area contributed by atoms with Gasteiger partial charge in [0.2, 0.25) is 5.91 Å². The van der Waals surface area contributed by atoms with E-state index in [1.807, 2.05) is 26.0 Å². The first-order chi connectivity index (χ1) is 21.5.